The van der Waals surface area contributed by atoms with Gasteiger partial charge in [0.25, 0.3) is 11.7 Å². The third-order valence-electron chi connectivity index (χ3n) is 5.89. The van der Waals surface area contributed by atoms with Crippen LogP contribution in [-0.4, -0.2) is 35.4 Å². The summed E-state index contributed by atoms with van der Waals surface area (Å²) in [6.07, 6.45) is 2.75. The predicted molar refractivity (Wildman–Crippen MR) is 127 cm³/mol. The van der Waals surface area contributed by atoms with Crippen molar-refractivity contribution in [3.63, 3.8) is 0 Å². The highest BCUT2D eigenvalue weighted by molar-refractivity contribution is 6.46. The van der Waals surface area contributed by atoms with Crippen molar-refractivity contribution in [1.29, 1.82) is 0 Å². The lowest BCUT2D eigenvalue weighted by atomic mass is 9.93. The van der Waals surface area contributed by atoms with Gasteiger partial charge >= 0.3 is 0 Å². The van der Waals surface area contributed by atoms with Crippen molar-refractivity contribution in [2.75, 3.05) is 13.7 Å². The van der Waals surface area contributed by atoms with E-state index in [0.717, 1.165) is 24.8 Å². The molecule has 0 saturated carbocycles. The first-order valence-electron chi connectivity index (χ1n) is 11.0. The Kier molecular flexibility index (Phi) is 7.62. The van der Waals surface area contributed by atoms with Crippen molar-refractivity contribution in [3.8, 4) is 5.75 Å². The van der Waals surface area contributed by atoms with E-state index in [0.29, 0.717) is 28.8 Å². The standard InChI is InChI=1S/C26H30ClNO4/c1-5-6-7-14-28-23(18-10-8-17(9-11-18)16(2)3)22(25(30)26(28)31)24(29)19-12-13-21(32-4)20(27)15-19/h8-13,15-16,23,29H,5-7,14H2,1-4H3/b24-22-. The molecule has 0 aromatic heterocycles. The topological polar surface area (TPSA) is 66.8 Å². The summed E-state index contributed by atoms with van der Waals surface area (Å²) in [4.78, 5) is 27.6. The lowest BCUT2D eigenvalue weighted by molar-refractivity contribution is -0.139. The highest BCUT2D eigenvalue weighted by Crippen LogP contribution is 2.40. The number of nitrogens with zero attached hydrogens (tertiary/aromatic N) is 1. The minimum Gasteiger partial charge on any atom is -0.507 e. The highest BCUT2D eigenvalue weighted by atomic mass is 35.5. The van der Waals surface area contributed by atoms with E-state index in [1.54, 1.807) is 23.1 Å². The molecule has 1 amide bonds. The number of amides is 1. The van der Waals surface area contributed by atoms with Crippen molar-refractivity contribution < 1.29 is 19.4 Å². The molecule has 0 bridgehead atoms. The van der Waals surface area contributed by atoms with Gasteiger partial charge in [0.2, 0.25) is 0 Å². The molecule has 0 aliphatic carbocycles. The molecule has 0 radical (unpaired) electrons. The Labute approximate surface area is 194 Å². The van der Waals surface area contributed by atoms with Gasteiger partial charge < -0.3 is 14.7 Å². The lowest BCUT2D eigenvalue weighted by Gasteiger charge is -2.25. The molecule has 32 heavy (non-hydrogen) atoms. The highest BCUT2D eigenvalue weighted by Gasteiger charge is 2.45. The van der Waals surface area contributed by atoms with Gasteiger partial charge in [-0.3, -0.25) is 9.59 Å². The number of rotatable bonds is 8. The van der Waals surface area contributed by atoms with Crippen molar-refractivity contribution in [1.82, 2.24) is 4.90 Å². The van der Waals surface area contributed by atoms with Gasteiger partial charge in [0.15, 0.2) is 0 Å². The van der Waals surface area contributed by atoms with Crippen LogP contribution in [0, 0.1) is 0 Å². The number of ether oxygens (including phenoxy) is 1. The van der Waals surface area contributed by atoms with Crippen LogP contribution in [0.15, 0.2) is 48.0 Å². The second kappa shape index (κ2) is 10.2. The normalized spacial score (nSPS) is 17.9. The van der Waals surface area contributed by atoms with Crippen molar-refractivity contribution in [3.05, 3.63) is 69.8 Å². The predicted octanol–water partition coefficient (Wildman–Crippen LogP) is 6.08. The first-order chi connectivity index (χ1) is 15.3. The molecule has 0 spiro atoms. The molecule has 1 saturated heterocycles. The zero-order valence-corrected chi connectivity index (χ0v) is 19.8. The number of hydrogen-bond acceptors (Lipinski definition) is 4. The Hall–Kier alpha value is -2.79. The second-order valence-electron chi connectivity index (χ2n) is 8.37. The summed E-state index contributed by atoms with van der Waals surface area (Å²) in [5, 5.41) is 11.5. The maximum Gasteiger partial charge on any atom is 0.295 e. The van der Waals surface area contributed by atoms with Crippen molar-refractivity contribution >= 4 is 29.1 Å². The summed E-state index contributed by atoms with van der Waals surface area (Å²) in [7, 11) is 1.50. The molecule has 1 aliphatic rings. The summed E-state index contributed by atoms with van der Waals surface area (Å²) in [6.45, 7) is 6.76. The van der Waals surface area contributed by atoms with Gasteiger partial charge in [-0.2, -0.15) is 0 Å². The Morgan fingerprint density at radius 1 is 1.12 bits per heavy atom. The third kappa shape index (κ3) is 4.68. The molecule has 3 rings (SSSR count). The van der Waals surface area contributed by atoms with E-state index in [2.05, 4.69) is 20.8 Å². The summed E-state index contributed by atoms with van der Waals surface area (Å²) < 4.78 is 5.18. The van der Waals surface area contributed by atoms with E-state index in [9.17, 15) is 14.7 Å². The van der Waals surface area contributed by atoms with Crippen LogP contribution in [0.5, 0.6) is 5.75 Å². The molecular formula is C26H30ClNO4. The number of carbonyl (C=O) groups excluding carboxylic acids is 2. The van der Waals surface area contributed by atoms with Crippen LogP contribution < -0.4 is 4.74 Å². The number of unbranched alkanes of at least 4 members (excludes halogenated alkanes) is 2. The summed E-state index contributed by atoms with van der Waals surface area (Å²) >= 11 is 6.24. The first-order valence-corrected chi connectivity index (χ1v) is 11.4. The number of aliphatic hydroxyl groups excluding tert-OH is 1. The average Bonchev–Trinajstić information content (AvgIpc) is 3.03. The minimum absolute atomic E-state index is 0.0880. The number of methoxy groups -OCH3 is 1. The van der Waals surface area contributed by atoms with Crippen LogP contribution in [0.4, 0.5) is 0 Å². The molecule has 170 valence electrons. The Balaban J connectivity index is 2.12. The molecule has 1 fully saturated rings. The van der Waals surface area contributed by atoms with Crippen molar-refractivity contribution in [2.24, 2.45) is 0 Å². The van der Waals surface area contributed by atoms with Crippen LogP contribution in [0.25, 0.3) is 5.76 Å². The molecular weight excluding hydrogens is 426 g/mol. The van der Waals surface area contributed by atoms with E-state index in [1.165, 1.54) is 12.7 Å². The van der Waals surface area contributed by atoms with E-state index in [1.807, 2.05) is 24.3 Å². The third-order valence-corrected chi connectivity index (χ3v) is 6.18. The van der Waals surface area contributed by atoms with Gasteiger partial charge in [0.05, 0.1) is 23.7 Å². The maximum atomic E-state index is 13.1. The minimum atomic E-state index is -0.677. The second-order valence-corrected chi connectivity index (χ2v) is 8.78. The largest absolute Gasteiger partial charge is 0.507 e. The Morgan fingerprint density at radius 3 is 2.38 bits per heavy atom. The lowest BCUT2D eigenvalue weighted by Crippen LogP contribution is -2.30. The van der Waals surface area contributed by atoms with E-state index in [-0.39, 0.29) is 11.3 Å². The van der Waals surface area contributed by atoms with Gasteiger partial charge in [0, 0.05) is 12.1 Å². The van der Waals surface area contributed by atoms with Gasteiger partial charge in [-0.1, -0.05) is 69.5 Å². The maximum absolute atomic E-state index is 13.1. The first kappa shape index (κ1) is 23.9. The zero-order chi connectivity index (χ0) is 23.4. The molecule has 1 N–H and O–H groups in total. The fourth-order valence-electron chi connectivity index (χ4n) is 4.02. The van der Waals surface area contributed by atoms with Crippen LogP contribution in [0.1, 0.15) is 68.7 Å². The van der Waals surface area contributed by atoms with Crippen LogP contribution in [0.2, 0.25) is 5.02 Å². The Morgan fingerprint density at radius 2 is 1.81 bits per heavy atom. The number of likely N-dealkylation sites (tertiary alicyclic amines) is 1. The number of hydrogen-bond donors (Lipinski definition) is 1. The monoisotopic (exact) mass is 455 g/mol. The number of aliphatic hydroxyl groups is 1. The molecule has 1 heterocycles. The summed E-state index contributed by atoms with van der Waals surface area (Å²) in [6, 6.07) is 12.0. The average molecular weight is 456 g/mol. The molecule has 5 nitrogen and oxygen atoms in total. The number of halogens is 1. The van der Waals surface area contributed by atoms with Crippen molar-refractivity contribution in [2.45, 2.75) is 52.0 Å². The number of benzene rings is 2. The molecule has 1 aliphatic heterocycles. The van der Waals surface area contributed by atoms with Crippen LogP contribution in [-0.2, 0) is 9.59 Å². The van der Waals surface area contributed by atoms with E-state index < -0.39 is 17.7 Å². The number of Topliss-reactive ketones (excluding diaryl/α,β-unsaturated/α-hetero) is 1. The van der Waals surface area contributed by atoms with Gasteiger partial charge in [-0.25, -0.2) is 0 Å². The summed E-state index contributed by atoms with van der Waals surface area (Å²) in [5.41, 5.74) is 2.42. The summed E-state index contributed by atoms with van der Waals surface area (Å²) in [5.74, 6) is -0.668. The van der Waals surface area contributed by atoms with Gasteiger partial charge in [-0.15, -0.1) is 0 Å². The van der Waals surface area contributed by atoms with Gasteiger partial charge in [0.1, 0.15) is 11.5 Å². The molecule has 1 atom stereocenters. The fraction of sp³-hybridized carbons (Fsp3) is 0.385. The van der Waals surface area contributed by atoms with Crippen LogP contribution in [0.3, 0.4) is 0 Å². The number of ketones is 1. The Bertz CT molecular complexity index is 1030. The van der Waals surface area contributed by atoms with E-state index in [4.69, 9.17) is 16.3 Å². The zero-order valence-electron chi connectivity index (χ0n) is 19.0. The molecule has 1 unspecified atom stereocenters. The SMILES string of the molecule is CCCCCN1C(=O)C(=O)/C(=C(\O)c2ccc(OC)c(Cl)c2)C1c1ccc(C(C)C)cc1. The van der Waals surface area contributed by atoms with Gasteiger partial charge in [-0.05, 0) is 41.7 Å². The molecule has 2 aromatic rings. The smallest absolute Gasteiger partial charge is 0.295 e. The fourth-order valence-corrected chi connectivity index (χ4v) is 4.28. The molecule has 6 heteroatoms. The number of carbonyl (C=O) groups is 2. The van der Waals surface area contributed by atoms with E-state index >= 15 is 0 Å². The quantitative estimate of drug-likeness (QED) is 0.226. The van der Waals surface area contributed by atoms with Crippen LogP contribution >= 0.6 is 11.6 Å². The molecule has 2 aromatic carbocycles.